The molecule has 0 aliphatic heterocycles. The largest absolute Gasteiger partial charge is 0.417 e. The molecule has 1 fully saturated rings. The van der Waals surface area contributed by atoms with Gasteiger partial charge in [-0.15, -0.1) is 0 Å². The standard InChI is InChI=1S/C22H24N2O4/c25-20(23-17-6-7-18-19(13-17)28-21(26)24-18)14-22(27)10-8-16(9-11-22)12-15-4-2-1-3-5-15/h1-7,13,16,27H,8-12,14H2,(H,23,25)(H,24,26). The minimum Gasteiger partial charge on any atom is -0.408 e. The number of rotatable bonds is 5. The monoisotopic (exact) mass is 380 g/mol. The lowest BCUT2D eigenvalue weighted by Crippen LogP contribution is -2.38. The number of nitrogens with one attached hydrogen (secondary N) is 2. The molecule has 0 bridgehead atoms. The first-order chi connectivity index (χ1) is 13.5. The minimum atomic E-state index is -0.956. The first-order valence-corrected chi connectivity index (χ1v) is 9.68. The van der Waals surface area contributed by atoms with Crippen molar-refractivity contribution in [1.29, 1.82) is 0 Å². The zero-order chi connectivity index (χ0) is 19.6. The second-order valence-electron chi connectivity index (χ2n) is 7.81. The van der Waals surface area contributed by atoms with E-state index in [2.05, 4.69) is 34.6 Å². The summed E-state index contributed by atoms with van der Waals surface area (Å²) in [4.78, 5) is 26.2. The summed E-state index contributed by atoms with van der Waals surface area (Å²) in [6, 6.07) is 15.4. The molecule has 1 aliphatic carbocycles. The van der Waals surface area contributed by atoms with Crippen LogP contribution in [0.3, 0.4) is 0 Å². The summed E-state index contributed by atoms with van der Waals surface area (Å²) in [6.45, 7) is 0. The van der Waals surface area contributed by atoms with Crippen molar-refractivity contribution in [3.05, 3.63) is 64.6 Å². The minimum absolute atomic E-state index is 0.0696. The van der Waals surface area contributed by atoms with Crippen LogP contribution in [-0.2, 0) is 11.2 Å². The molecule has 1 amide bonds. The fourth-order valence-electron chi connectivity index (χ4n) is 4.07. The van der Waals surface area contributed by atoms with E-state index in [0.717, 1.165) is 19.3 Å². The SMILES string of the molecule is O=C(CC1(O)CCC(Cc2ccccc2)CC1)Nc1ccc2[nH]c(=O)oc2c1. The van der Waals surface area contributed by atoms with Crippen LogP contribution in [0.1, 0.15) is 37.7 Å². The van der Waals surface area contributed by atoms with Crippen molar-refractivity contribution in [2.45, 2.75) is 44.1 Å². The predicted octanol–water partition coefficient (Wildman–Crippen LogP) is 3.61. The van der Waals surface area contributed by atoms with Gasteiger partial charge in [-0.2, -0.15) is 0 Å². The smallest absolute Gasteiger partial charge is 0.408 e. The van der Waals surface area contributed by atoms with Gasteiger partial charge in [0.1, 0.15) is 0 Å². The molecule has 3 N–H and O–H groups in total. The maximum atomic E-state index is 12.4. The third-order valence-corrected chi connectivity index (χ3v) is 5.60. The zero-order valence-electron chi connectivity index (χ0n) is 15.6. The number of fused-ring (bicyclic) bond motifs is 1. The molecule has 0 spiro atoms. The topological polar surface area (TPSA) is 95.3 Å². The number of hydrogen-bond donors (Lipinski definition) is 3. The van der Waals surface area contributed by atoms with Gasteiger partial charge < -0.3 is 14.8 Å². The van der Waals surface area contributed by atoms with E-state index >= 15 is 0 Å². The molecule has 0 unspecified atom stereocenters. The van der Waals surface area contributed by atoms with E-state index in [9.17, 15) is 14.7 Å². The number of benzene rings is 2. The van der Waals surface area contributed by atoms with E-state index < -0.39 is 11.4 Å². The molecule has 1 aliphatic rings. The van der Waals surface area contributed by atoms with Gasteiger partial charge in [-0.25, -0.2) is 4.79 Å². The molecule has 6 nitrogen and oxygen atoms in total. The van der Waals surface area contributed by atoms with E-state index in [1.165, 1.54) is 5.56 Å². The number of aromatic nitrogens is 1. The molecule has 3 aromatic rings. The van der Waals surface area contributed by atoms with Crippen LogP contribution in [0.5, 0.6) is 0 Å². The van der Waals surface area contributed by atoms with Gasteiger partial charge >= 0.3 is 5.76 Å². The highest BCUT2D eigenvalue weighted by Crippen LogP contribution is 2.36. The Morgan fingerprint density at radius 3 is 2.68 bits per heavy atom. The van der Waals surface area contributed by atoms with Crippen molar-refractivity contribution >= 4 is 22.7 Å². The Balaban J connectivity index is 1.31. The quantitative estimate of drug-likeness (QED) is 0.630. The van der Waals surface area contributed by atoms with Crippen LogP contribution in [0.15, 0.2) is 57.7 Å². The fraction of sp³-hybridized carbons (Fsp3) is 0.364. The second kappa shape index (κ2) is 7.64. The first-order valence-electron chi connectivity index (χ1n) is 9.68. The molecule has 28 heavy (non-hydrogen) atoms. The van der Waals surface area contributed by atoms with E-state index in [-0.39, 0.29) is 12.3 Å². The van der Waals surface area contributed by atoms with E-state index in [1.54, 1.807) is 18.2 Å². The predicted molar refractivity (Wildman–Crippen MR) is 107 cm³/mol. The van der Waals surface area contributed by atoms with Crippen LogP contribution >= 0.6 is 0 Å². The highest BCUT2D eigenvalue weighted by molar-refractivity contribution is 5.93. The lowest BCUT2D eigenvalue weighted by molar-refractivity contribution is -0.122. The van der Waals surface area contributed by atoms with Crippen LogP contribution in [0.25, 0.3) is 11.1 Å². The van der Waals surface area contributed by atoms with Gasteiger partial charge in [-0.05, 0) is 55.7 Å². The van der Waals surface area contributed by atoms with E-state index in [0.29, 0.717) is 35.5 Å². The van der Waals surface area contributed by atoms with Crippen LogP contribution < -0.4 is 11.1 Å². The van der Waals surface area contributed by atoms with Gasteiger partial charge in [0.25, 0.3) is 0 Å². The summed E-state index contributed by atoms with van der Waals surface area (Å²) in [6.07, 6.45) is 4.18. The normalized spacial score (nSPS) is 22.2. The third kappa shape index (κ3) is 4.34. The maximum absolute atomic E-state index is 12.4. The summed E-state index contributed by atoms with van der Waals surface area (Å²) in [5.74, 6) is -0.217. The van der Waals surface area contributed by atoms with Crippen molar-refractivity contribution < 1.29 is 14.3 Å². The number of carbonyl (C=O) groups excluding carboxylic acids is 1. The molecule has 146 valence electrons. The second-order valence-corrected chi connectivity index (χ2v) is 7.81. The van der Waals surface area contributed by atoms with Crippen molar-refractivity contribution in [3.63, 3.8) is 0 Å². The van der Waals surface area contributed by atoms with Gasteiger partial charge in [-0.3, -0.25) is 9.78 Å². The van der Waals surface area contributed by atoms with Gasteiger partial charge in [0.2, 0.25) is 5.91 Å². The number of anilines is 1. The van der Waals surface area contributed by atoms with Gasteiger partial charge in [0.15, 0.2) is 5.58 Å². The van der Waals surface area contributed by atoms with Crippen LogP contribution in [0.4, 0.5) is 5.69 Å². The number of aromatic amines is 1. The fourth-order valence-corrected chi connectivity index (χ4v) is 4.07. The average molecular weight is 380 g/mol. The lowest BCUT2D eigenvalue weighted by Gasteiger charge is -2.35. The molecule has 0 atom stereocenters. The number of carbonyl (C=O) groups is 1. The van der Waals surface area contributed by atoms with Gasteiger partial charge in [0.05, 0.1) is 17.5 Å². The lowest BCUT2D eigenvalue weighted by atomic mass is 9.75. The first kappa shape index (κ1) is 18.5. The van der Waals surface area contributed by atoms with E-state index in [1.807, 2.05) is 6.07 Å². The summed E-state index contributed by atoms with van der Waals surface area (Å²) in [5, 5.41) is 13.6. The molecule has 4 rings (SSSR count). The molecule has 0 radical (unpaired) electrons. The Labute approximate surface area is 162 Å². The highest BCUT2D eigenvalue weighted by atomic mass is 16.4. The van der Waals surface area contributed by atoms with Crippen molar-refractivity contribution in [1.82, 2.24) is 4.98 Å². The number of amides is 1. The van der Waals surface area contributed by atoms with Crippen molar-refractivity contribution in [2.75, 3.05) is 5.32 Å². The maximum Gasteiger partial charge on any atom is 0.417 e. The van der Waals surface area contributed by atoms with Crippen molar-refractivity contribution in [3.8, 4) is 0 Å². The Bertz CT molecular complexity index is 1010. The Morgan fingerprint density at radius 1 is 1.18 bits per heavy atom. The highest BCUT2D eigenvalue weighted by Gasteiger charge is 2.35. The summed E-state index contributed by atoms with van der Waals surface area (Å²) in [7, 11) is 0. The molecule has 2 aromatic carbocycles. The van der Waals surface area contributed by atoms with E-state index in [4.69, 9.17) is 4.42 Å². The average Bonchev–Trinajstić information content (AvgIpc) is 3.04. The molecular weight excluding hydrogens is 356 g/mol. The molecule has 1 saturated carbocycles. The molecule has 0 saturated heterocycles. The number of H-pyrrole nitrogens is 1. The van der Waals surface area contributed by atoms with Gasteiger partial charge in [0, 0.05) is 11.8 Å². The van der Waals surface area contributed by atoms with Gasteiger partial charge in [-0.1, -0.05) is 30.3 Å². The summed E-state index contributed by atoms with van der Waals surface area (Å²) in [5.41, 5.74) is 1.88. The summed E-state index contributed by atoms with van der Waals surface area (Å²) < 4.78 is 5.01. The van der Waals surface area contributed by atoms with Crippen LogP contribution in [0, 0.1) is 5.92 Å². The summed E-state index contributed by atoms with van der Waals surface area (Å²) >= 11 is 0. The number of oxazole rings is 1. The number of hydrogen-bond acceptors (Lipinski definition) is 4. The Hall–Kier alpha value is -2.86. The Kier molecular flexibility index (Phi) is 5.05. The van der Waals surface area contributed by atoms with Crippen LogP contribution in [0.2, 0.25) is 0 Å². The third-order valence-electron chi connectivity index (χ3n) is 5.60. The van der Waals surface area contributed by atoms with Crippen molar-refractivity contribution in [2.24, 2.45) is 5.92 Å². The molecule has 1 heterocycles. The Morgan fingerprint density at radius 2 is 1.93 bits per heavy atom. The molecular formula is C22H24N2O4. The van der Waals surface area contributed by atoms with Crippen LogP contribution in [-0.4, -0.2) is 21.6 Å². The molecule has 6 heteroatoms. The zero-order valence-corrected chi connectivity index (χ0v) is 15.6. The number of aliphatic hydroxyl groups is 1. The molecule has 1 aromatic heterocycles.